The average Bonchev–Trinajstić information content (AvgIpc) is 2.85. The number of ether oxygens (including phenoxy) is 1. The Bertz CT molecular complexity index is 493. The molecule has 0 aromatic heterocycles. The summed E-state index contributed by atoms with van der Waals surface area (Å²) >= 11 is 0. The zero-order valence-electron chi connectivity index (χ0n) is 13.8. The normalized spacial score (nSPS) is 21.7. The third-order valence-electron chi connectivity index (χ3n) is 3.97. The summed E-state index contributed by atoms with van der Waals surface area (Å²) < 4.78 is 5.13. The molecule has 24 heavy (non-hydrogen) atoms. The maximum Gasteiger partial charge on any atom is 0.407 e. The Morgan fingerprint density at radius 1 is 1.25 bits per heavy atom. The fourth-order valence-electron chi connectivity index (χ4n) is 2.73. The molecule has 1 atom stereocenters. The molecule has 0 aromatic rings. The summed E-state index contributed by atoms with van der Waals surface area (Å²) in [6.07, 6.45) is 1.47. The van der Waals surface area contributed by atoms with Gasteiger partial charge in [-0.15, -0.1) is 5.06 Å². The van der Waals surface area contributed by atoms with Crippen LogP contribution in [0.25, 0.3) is 0 Å². The minimum Gasteiger partial charge on any atom is -0.449 e. The van der Waals surface area contributed by atoms with E-state index >= 15 is 0 Å². The Labute approximate surface area is 140 Å². The smallest absolute Gasteiger partial charge is 0.407 e. The second kappa shape index (κ2) is 8.62. The molecule has 134 valence electrons. The Morgan fingerprint density at radius 3 is 2.62 bits per heavy atom. The van der Waals surface area contributed by atoms with Gasteiger partial charge in [-0.25, -0.2) is 9.59 Å². The molecule has 2 aliphatic rings. The van der Waals surface area contributed by atoms with E-state index in [0.717, 1.165) is 25.9 Å². The van der Waals surface area contributed by atoms with Gasteiger partial charge in [0.1, 0.15) is 0 Å². The quantitative estimate of drug-likeness (QED) is 0.681. The largest absolute Gasteiger partial charge is 0.449 e. The van der Waals surface area contributed by atoms with E-state index in [2.05, 4.69) is 15.1 Å². The minimum atomic E-state index is -0.757. The van der Waals surface area contributed by atoms with Crippen LogP contribution in [0.4, 0.5) is 4.79 Å². The number of rotatable bonds is 6. The molecule has 1 N–H and O–H groups in total. The summed E-state index contributed by atoms with van der Waals surface area (Å²) in [5.74, 6) is -1.49. The van der Waals surface area contributed by atoms with E-state index < -0.39 is 23.9 Å². The number of hydrogen-bond acceptors (Lipinski definition) is 7. The summed E-state index contributed by atoms with van der Waals surface area (Å²) in [4.78, 5) is 52.6. The lowest BCUT2D eigenvalue weighted by atomic mass is 10.00. The number of amides is 3. The number of carbonyl (C=O) groups is 4. The maximum absolute atomic E-state index is 11.6. The number of alkyl carbamates (subject to hydrolysis) is 1. The lowest BCUT2D eigenvalue weighted by molar-refractivity contribution is -0.197. The second-order valence-electron chi connectivity index (χ2n) is 6.09. The van der Waals surface area contributed by atoms with Crippen molar-refractivity contribution >= 4 is 23.9 Å². The fraction of sp³-hybridized carbons (Fsp3) is 0.733. The third kappa shape index (κ3) is 5.48. The van der Waals surface area contributed by atoms with Gasteiger partial charge in [0.25, 0.3) is 11.8 Å². The summed E-state index contributed by atoms with van der Waals surface area (Å²) in [6.45, 7) is 2.32. The van der Waals surface area contributed by atoms with E-state index in [-0.39, 0.29) is 25.8 Å². The second-order valence-corrected chi connectivity index (χ2v) is 6.09. The van der Waals surface area contributed by atoms with Crippen molar-refractivity contribution in [3.63, 3.8) is 0 Å². The van der Waals surface area contributed by atoms with E-state index in [1.54, 1.807) is 0 Å². The SMILES string of the molecule is CN1CCCC(COC(=O)NCCC(=O)ON2C(=O)CCC2=O)C1. The number of hydrogen-bond donors (Lipinski definition) is 1. The van der Waals surface area contributed by atoms with Gasteiger partial charge in [-0.2, -0.15) is 0 Å². The average molecular weight is 341 g/mol. The Balaban J connectivity index is 1.57. The lowest BCUT2D eigenvalue weighted by Crippen LogP contribution is -2.36. The molecule has 0 spiro atoms. The van der Waals surface area contributed by atoms with Crippen molar-refractivity contribution in [2.45, 2.75) is 32.1 Å². The molecule has 0 aromatic carbocycles. The van der Waals surface area contributed by atoms with Gasteiger partial charge < -0.3 is 19.8 Å². The van der Waals surface area contributed by atoms with Crippen molar-refractivity contribution in [2.75, 3.05) is 33.3 Å². The molecule has 0 bridgehead atoms. The van der Waals surface area contributed by atoms with Crippen molar-refractivity contribution < 1.29 is 28.8 Å². The maximum atomic E-state index is 11.6. The van der Waals surface area contributed by atoms with Crippen LogP contribution in [0, 0.1) is 5.92 Å². The van der Waals surface area contributed by atoms with Crippen LogP contribution in [0.3, 0.4) is 0 Å². The molecule has 9 nitrogen and oxygen atoms in total. The van der Waals surface area contributed by atoms with Gasteiger partial charge in [0, 0.05) is 31.8 Å². The van der Waals surface area contributed by atoms with Crippen molar-refractivity contribution in [1.82, 2.24) is 15.3 Å². The van der Waals surface area contributed by atoms with Crippen LogP contribution in [0.15, 0.2) is 0 Å². The first-order chi connectivity index (χ1) is 11.5. The van der Waals surface area contributed by atoms with E-state index in [9.17, 15) is 19.2 Å². The Hall–Kier alpha value is -2.16. The summed E-state index contributed by atoms with van der Waals surface area (Å²) in [6, 6.07) is 0. The fourth-order valence-corrected chi connectivity index (χ4v) is 2.73. The van der Waals surface area contributed by atoms with E-state index in [4.69, 9.17) is 4.74 Å². The molecule has 0 aliphatic carbocycles. The van der Waals surface area contributed by atoms with Crippen LogP contribution in [0.5, 0.6) is 0 Å². The molecule has 0 saturated carbocycles. The van der Waals surface area contributed by atoms with Gasteiger partial charge in [0.15, 0.2) is 0 Å². The Kier molecular flexibility index (Phi) is 6.53. The molecule has 2 rings (SSSR count). The number of likely N-dealkylation sites (tertiary alicyclic amines) is 1. The predicted molar refractivity (Wildman–Crippen MR) is 81.4 cm³/mol. The van der Waals surface area contributed by atoms with Gasteiger partial charge in [0.2, 0.25) is 0 Å². The molecule has 9 heteroatoms. The number of nitrogens with one attached hydrogen (secondary N) is 1. The molecule has 0 radical (unpaired) electrons. The van der Waals surface area contributed by atoms with Gasteiger partial charge in [-0.3, -0.25) is 9.59 Å². The van der Waals surface area contributed by atoms with Crippen molar-refractivity contribution in [3.05, 3.63) is 0 Å². The lowest BCUT2D eigenvalue weighted by Gasteiger charge is -2.29. The summed E-state index contributed by atoms with van der Waals surface area (Å²) in [5.41, 5.74) is 0. The first-order valence-electron chi connectivity index (χ1n) is 8.11. The van der Waals surface area contributed by atoms with Gasteiger partial charge >= 0.3 is 12.1 Å². The predicted octanol–water partition coefficient (Wildman–Crippen LogP) is 0.0517. The molecule has 1 unspecified atom stereocenters. The van der Waals surface area contributed by atoms with Gasteiger partial charge in [-0.1, -0.05) is 0 Å². The van der Waals surface area contributed by atoms with E-state index in [0.29, 0.717) is 17.6 Å². The van der Waals surface area contributed by atoms with E-state index in [1.165, 1.54) is 0 Å². The number of imide groups is 1. The Morgan fingerprint density at radius 2 is 1.96 bits per heavy atom. The van der Waals surface area contributed by atoms with Crippen LogP contribution in [0.1, 0.15) is 32.1 Å². The van der Waals surface area contributed by atoms with Crippen molar-refractivity contribution in [3.8, 4) is 0 Å². The van der Waals surface area contributed by atoms with Crippen LogP contribution in [0.2, 0.25) is 0 Å². The highest BCUT2D eigenvalue weighted by atomic mass is 16.7. The number of hydroxylamine groups is 2. The van der Waals surface area contributed by atoms with Crippen molar-refractivity contribution in [1.29, 1.82) is 0 Å². The molecule has 2 aliphatic heterocycles. The topological polar surface area (TPSA) is 105 Å². The molecule has 3 amide bonds. The zero-order valence-corrected chi connectivity index (χ0v) is 13.8. The van der Waals surface area contributed by atoms with Crippen LogP contribution < -0.4 is 5.32 Å². The van der Waals surface area contributed by atoms with Crippen LogP contribution in [-0.2, 0) is 24.0 Å². The van der Waals surface area contributed by atoms with Crippen LogP contribution >= 0.6 is 0 Å². The number of nitrogens with zero attached hydrogens (tertiary/aromatic N) is 2. The first kappa shape index (κ1) is 18.2. The van der Waals surface area contributed by atoms with E-state index in [1.807, 2.05) is 7.05 Å². The molecule has 2 fully saturated rings. The monoisotopic (exact) mass is 341 g/mol. The van der Waals surface area contributed by atoms with Crippen molar-refractivity contribution in [2.24, 2.45) is 5.92 Å². The molecule has 2 heterocycles. The standard InChI is InChI=1S/C15H23N3O6/c1-17-8-2-3-11(9-17)10-23-15(22)16-7-6-14(21)24-18-12(19)4-5-13(18)20/h11H,2-10H2,1H3,(H,16,22). The van der Waals surface area contributed by atoms with Gasteiger partial charge in [0.05, 0.1) is 13.0 Å². The highest BCUT2D eigenvalue weighted by Crippen LogP contribution is 2.15. The first-order valence-corrected chi connectivity index (χ1v) is 8.11. The zero-order chi connectivity index (χ0) is 17.5. The highest BCUT2D eigenvalue weighted by Gasteiger charge is 2.32. The molecule has 2 saturated heterocycles. The number of piperidine rings is 1. The molecular weight excluding hydrogens is 318 g/mol. The highest BCUT2D eigenvalue weighted by molar-refractivity contribution is 6.01. The third-order valence-corrected chi connectivity index (χ3v) is 3.97. The molecular formula is C15H23N3O6. The summed E-state index contributed by atoms with van der Waals surface area (Å²) in [5, 5.41) is 2.93. The van der Waals surface area contributed by atoms with Crippen LogP contribution in [-0.4, -0.2) is 67.1 Å². The minimum absolute atomic E-state index is 0.0124. The summed E-state index contributed by atoms with van der Waals surface area (Å²) in [7, 11) is 2.04. The van der Waals surface area contributed by atoms with Gasteiger partial charge in [-0.05, 0) is 26.4 Å². The number of carbonyl (C=O) groups excluding carboxylic acids is 4.